The predicted molar refractivity (Wildman–Crippen MR) is 116 cm³/mol. The second kappa shape index (κ2) is 10.0. The minimum Gasteiger partial charge on any atom is -0.495 e. The summed E-state index contributed by atoms with van der Waals surface area (Å²) in [5, 5.41) is 3.48. The lowest BCUT2D eigenvalue weighted by molar-refractivity contribution is -0.116. The van der Waals surface area contributed by atoms with Gasteiger partial charge in [0.2, 0.25) is 15.9 Å². The summed E-state index contributed by atoms with van der Waals surface area (Å²) in [6.45, 7) is 0.113. The van der Waals surface area contributed by atoms with Crippen LogP contribution < -0.4 is 19.1 Å². The fourth-order valence-corrected chi connectivity index (χ4v) is 4.05. The summed E-state index contributed by atoms with van der Waals surface area (Å²) in [5.74, 6) is 0.638. The number of carbonyl (C=O) groups is 1. The predicted octanol–water partition coefficient (Wildman–Crippen LogP) is 4.20. The van der Waals surface area contributed by atoms with Crippen molar-refractivity contribution in [1.82, 2.24) is 0 Å². The minimum atomic E-state index is -3.56. The Morgan fingerprint density at radius 2 is 1.72 bits per heavy atom. The average molecular weight is 461 g/mol. The number of rotatable bonds is 9. The molecule has 2 aromatic rings. The molecule has 1 amide bonds. The maximum Gasteiger partial charge on any atom is 0.232 e. The lowest BCUT2D eigenvalue weighted by Crippen LogP contribution is -2.31. The van der Waals surface area contributed by atoms with E-state index in [9.17, 15) is 13.2 Å². The Balaban J connectivity index is 2.05. The lowest BCUT2D eigenvalue weighted by atomic mass is 10.2. The highest BCUT2D eigenvalue weighted by Crippen LogP contribution is 2.31. The summed E-state index contributed by atoms with van der Waals surface area (Å²) in [5.41, 5.74) is 0.849. The molecule has 0 bridgehead atoms. The third-order valence-corrected chi connectivity index (χ3v) is 5.75. The fraction of sp³-hybridized carbons (Fsp3) is 0.316. The smallest absolute Gasteiger partial charge is 0.232 e. The number of anilines is 2. The molecule has 0 aliphatic carbocycles. The van der Waals surface area contributed by atoms with Gasteiger partial charge in [-0.2, -0.15) is 0 Å². The second-order valence-electron chi connectivity index (χ2n) is 6.15. The van der Waals surface area contributed by atoms with Crippen LogP contribution in [0.25, 0.3) is 0 Å². The van der Waals surface area contributed by atoms with Crippen LogP contribution in [-0.2, 0) is 14.8 Å². The Morgan fingerprint density at radius 3 is 2.31 bits per heavy atom. The zero-order valence-electron chi connectivity index (χ0n) is 16.2. The molecule has 0 radical (unpaired) electrons. The molecule has 10 heteroatoms. The third-order valence-electron chi connectivity index (χ3n) is 4.02. The van der Waals surface area contributed by atoms with E-state index in [1.54, 1.807) is 30.3 Å². The highest BCUT2D eigenvalue weighted by Gasteiger charge is 2.19. The molecule has 0 aromatic heterocycles. The molecule has 1 N–H and O–H groups in total. The van der Waals surface area contributed by atoms with Gasteiger partial charge in [-0.05, 0) is 42.8 Å². The van der Waals surface area contributed by atoms with Crippen molar-refractivity contribution < 1.29 is 22.7 Å². The summed E-state index contributed by atoms with van der Waals surface area (Å²) in [4.78, 5) is 12.3. The zero-order chi connectivity index (χ0) is 21.6. The van der Waals surface area contributed by atoms with Gasteiger partial charge >= 0.3 is 0 Å². The number of halogens is 2. The number of carbonyl (C=O) groups excluding carboxylic acids is 1. The summed E-state index contributed by atoms with van der Waals surface area (Å²) in [6, 6.07) is 9.59. The van der Waals surface area contributed by atoms with Crippen LogP contribution >= 0.6 is 23.2 Å². The molecule has 158 valence electrons. The van der Waals surface area contributed by atoms with Gasteiger partial charge in [-0.15, -0.1) is 0 Å². The van der Waals surface area contributed by atoms with Crippen LogP contribution in [0.5, 0.6) is 11.5 Å². The summed E-state index contributed by atoms with van der Waals surface area (Å²) in [6.07, 6.45) is 1.50. The zero-order valence-corrected chi connectivity index (χ0v) is 18.6. The van der Waals surface area contributed by atoms with Gasteiger partial charge < -0.3 is 14.8 Å². The van der Waals surface area contributed by atoms with Crippen molar-refractivity contribution in [1.29, 1.82) is 0 Å². The van der Waals surface area contributed by atoms with E-state index in [-0.39, 0.29) is 18.9 Å². The molecule has 0 aliphatic heterocycles. The van der Waals surface area contributed by atoms with Crippen molar-refractivity contribution >= 4 is 50.5 Å². The van der Waals surface area contributed by atoms with E-state index in [1.165, 1.54) is 24.6 Å². The SMILES string of the molecule is COc1ccc(N(CCCC(=O)Nc2cc(Cl)ccc2OC)S(C)(=O)=O)cc1Cl. The van der Waals surface area contributed by atoms with E-state index in [0.29, 0.717) is 39.3 Å². The van der Waals surface area contributed by atoms with Crippen molar-refractivity contribution in [2.24, 2.45) is 0 Å². The molecule has 0 heterocycles. The number of nitrogens with one attached hydrogen (secondary N) is 1. The van der Waals surface area contributed by atoms with E-state index in [4.69, 9.17) is 32.7 Å². The summed E-state index contributed by atoms with van der Waals surface area (Å²) in [7, 11) is -0.599. The molecule has 0 atom stereocenters. The topological polar surface area (TPSA) is 84.9 Å². The van der Waals surface area contributed by atoms with Gasteiger partial charge in [-0.3, -0.25) is 9.10 Å². The molecular weight excluding hydrogens is 439 g/mol. The number of sulfonamides is 1. The van der Waals surface area contributed by atoms with Gasteiger partial charge in [0.15, 0.2) is 0 Å². The first kappa shape index (κ1) is 23.1. The van der Waals surface area contributed by atoms with Crippen molar-refractivity contribution in [2.45, 2.75) is 12.8 Å². The first-order valence-electron chi connectivity index (χ1n) is 8.60. The van der Waals surface area contributed by atoms with Crippen LogP contribution in [0, 0.1) is 0 Å². The lowest BCUT2D eigenvalue weighted by Gasteiger charge is -2.23. The van der Waals surface area contributed by atoms with Gasteiger partial charge in [0.1, 0.15) is 11.5 Å². The Labute approximate surface area is 180 Å². The van der Waals surface area contributed by atoms with Crippen LogP contribution in [0.15, 0.2) is 36.4 Å². The summed E-state index contributed by atoms with van der Waals surface area (Å²) < 4.78 is 35.9. The molecule has 7 nitrogen and oxygen atoms in total. The van der Waals surface area contributed by atoms with E-state index >= 15 is 0 Å². The van der Waals surface area contributed by atoms with Gasteiger partial charge in [0, 0.05) is 18.0 Å². The molecule has 29 heavy (non-hydrogen) atoms. The highest BCUT2D eigenvalue weighted by molar-refractivity contribution is 7.92. The number of nitrogens with zero attached hydrogens (tertiary/aromatic N) is 1. The second-order valence-corrected chi connectivity index (χ2v) is 8.90. The highest BCUT2D eigenvalue weighted by atomic mass is 35.5. The maximum absolute atomic E-state index is 12.3. The largest absolute Gasteiger partial charge is 0.495 e. The molecular formula is C19H22Cl2N2O5S. The maximum atomic E-state index is 12.3. The Kier molecular flexibility index (Phi) is 8.01. The van der Waals surface area contributed by atoms with E-state index < -0.39 is 10.0 Å². The normalized spacial score (nSPS) is 11.1. The van der Waals surface area contributed by atoms with Crippen LogP contribution in [0.1, 0.15) is 12.8 Å². The molecule has 0 fully saturated rings. The first-order chi connectivity index (χ1) is 13.7. The van der Waals surface area contributed by atoms with Gasteiger partial charge in [-0.25, -0.2) is 8.42 Å². The number of amides is 1. The van der Waals surface area contributed by atoms with E-state index in [2.05, 4.69) is 5.32 Å². The first-order valence-corrected chi connectivity index (χ1v) is 11.2. The molecule has 0 saturated heterocycles. The van der Waals surface area contributed by atoms with E-state index in [1.807, 2.05) is 0 Å². The van der Waals surface area contributed by atoms with Gasteiger partial charge in [0.25, 0.3) is 0 Å². The number of ether oxygens (including phenoxy) is 2. The van der Waals surface area contributed by atoms with E-state index in [0.717, 1.165) is 6.26 Å². The quantitative estimate of drug-likeness (QED) is 0.605. The number of benzene rings is 2. The Hall–Kier alpha value is -2.16. The van der Waals surface area contributed by atoms with Crippen molar-refractivity contribution in [3.05, 3.63) is 46.4 Å². The standard InChI is InChI=1S/C19H22Cl2N2O5S/c1-27-17-9-7-14(12-15(17)21)23(29(3,25)26)10-4-5-19(24)22-16-11-13(20)6-8-18(16)28-2/h6-9,11-12H,4-5,10H2,1-3H3,(H,22,24). The number of hydrogen-bond acceptors (Lipinski definition) is 5. The Morgan fingerprint density at radius 1 is 1.07 bits per heavy atom. The molecule has 0 saturated carbocycles. The van der Waals surface area contributed by atoms with Crippen molar-refractivity contribution in [3.63, 3.8) is 0 Å². The van der Waals surface area contributed by atoms with Crippen LogP contribution in [0.2, 0.25) is 10.0 Å². The van der Waals surface area contributed by atoms with Crippen LogP contribution in [-0.4, -0.2) is 41.3 Å². The fourth-order valence-electron chi connectivity index (χ4n) is 2.67. The van der Waals surface area contributed by atoms with Gasteiger partial charge in [-0.1, -0.05) is 23.2 Å². The minimum absolute atomic E-state index is 0.103. The molecule has 2 rings (SSSR count). The molecule has 0 unspecified atom stereocenters. The average Bonchev–Trinajstić information content (AvgIpc) is 2.64. The Bertz CT molecular complexity index is 983. The third kappa shape index (κ3) is 6.42. The molecule has 0 aliphatic rings. The van der Waals surface area contributed by atoms with Crippen molar-refractivity contribution in [2.75, 3.05) is 36.6 Å². The molecule has 2 aromatic carbocycles. The van der Waals surface area contributed by atoms with Crippen LogP contribution in [0.4, 0.5) is 11.4 Å². The summed E-state index contributed by atoms with van der Waals surface area (Å²) >= 11 is 12.1. The monoisotopic (exact) mass is 460 g/mol. The van der Waals surface area contributed by atoms with Gasteiger partial charge in [0.05, 0.1) is 36.9 Å². The van der Waals surface area contributed by atoms with Crippen LogP contribution in [0.3, 0.4) is 0 Å². The number of hydrogen-bond donors (Lipinski definition) is 1. The van der Waals surface area contributed by atoms with Crippen molar-refractivity contribution in [3.8, 4) is 11.5 Å². The number of methoxy groups -OCH3 is 2. The molecule has 0 spiro atoms.